The zero-order valence-electron chi connectivity index (χ0n) is 12.1. The third kappa shape index (κ3) is 4.17. The maximum atomic E-state index is 12.0. The molecule has 0 radical (unpaired) electrons. The van der Waals surface area contributed by atoms with E-state index in [0.717, 1.165) is 12.2 Å². The number of aromatic nitrogens is 2. The van der Waals surface area contributed by atoms with Gasteiger partial charge in [-0.05, 0) is 32.0 Å². The van der Waals surface area contributed by atoms with Crippen molar-refractivity contribution in [2.45, 2.75) is 13.8 Å². The molecular formula is C15H18N4O2. The molecule has 6 heteroatoms. The van der Waals surface area contributed by atoms with Crippen molar-refractivity contribution in [3.8, 4) is 5.88 Å². The van der Waals surface area contributed by atoms with E-state index in [9.17, 15) is 4.79 Å². The number of anilines is 2. The number of amides is 1. The van der Waals surface area contributed by atoms with Crippen LogP contribution in [-0.4, -0.2) is 29.0 Å². The zero-order chi connectivity index (χ0) is 15.1. The Balaban J connectivity index is 2.00. The minimum absolute atomic E-state index is 0.274. The molecule has 6 nitrogen and oxygen atoms in total. The van der Waals surface area contributed by atoms with Crippen molar-refractivity contribution in [3.63, 3.8) is 0 Å². The molecule has 21 heavy (non-hydrogen) atoms. The molecule has 0 bridgehead atoms. The molecule has 110 valence electrons. The second-order valence-corrected chi connectivity index (χ2v) is 4.23. The molecule has 0 aromatic carbocycles. The van der Waals surface area contributed by atoms with E-state index in [1.54, 1.807) is 30.6 Å². The van der Waals surface area contributed by atoms with Crippen LogP contribution in [0.25, 0.3) is 0 Å². The first kappa shape index (κ1) is 14.8. The molecule has 2 aromatic heterocycles. The van der Waals surface area contributed by atoms with E-state index in [2.05, 4.69) is 20.6 Å². The lowest BCUT2D eigenvalue weighted by molar-refractivity contribution is 0.102. The highest BCUT2D eigenvalue weighted by molar-refractivity contribution is 6.02. The van der Waals surface area contributed by atoms with Crippen molar-refractivity contribution in [2.24, 2.45) is 0 Å². The van der Waals surface area contributed by atoms with Crippen molar-refractivity contribution in [1.82, 2.24) is 9.97 Å². The smallest absolute Gasteiger partial charge is 0.274 e. The fraction of sp³-hybridized carbons (Fsp3) is 0.267. The van der Waals surface area contributed by atoms with E-state index in [4.69, 9.17) is 4.74 Å². The van der Waals surface area contributed by atoms with Gasteiger partial charge in [-0.2, -0.15) is 0 Å². The van der Waals surface area contributed by atoms with Gasteiger partial charge in [0.25, 0.3) is 5.91 Å². The average molecular weight is 286 g/mol. The Morgan fingerprint density at radius 3 is 2.43 bits per heavy atom. The van der Waals surface area contributed by atoms with Crippen LogP contribution in [0.5, 0.6) is 5.88 Å². The Morgan fingerprint density at radius 1 is 1.10 bits per heavy atom. The Morgan fingerprint density at radius 2 is 1.86 bits per heavy atom. The molecule has 2 N–H and O–H groups in total. The summed E-state index contributed by atoms with van der Waals surface area (Å²) >= 11 is 0. The highest BCUT2D eigenvalue weighted by Crippen LogP contribution is 2.13. The van der Waals surface area contributed by atoms with Gasteiger partial charge in [-0.1, -0.05) is 0 Å². The number of nitrogens with one attached hydrogen (secondary N) is 2. The van der Waals surface area contributed by atoms with Gasteiger partial charge in [0.1, 0.15) is 5.69 Å². The molecule has 0 saturated heterocycles. The van der Waals surface area contributed by atoms with Crippen LogP contribution in [0, 0.1) is 0 Å². The predicted molar refractivity (Wildman–Crippen MR) is 81.8 cm³/mol. The van der Waals surface area contributed by atoms with E-state index in [0.29, 0.717) is 23.9 Å². The van der Waals surface area contributed by atoms with E-state index < -0.39 is 0 Å². The number of nitrogens with zero attached hydrogens (tertiary/aromatic N) is 2. The van der Waals surface area contributed by atoms with Crippen LogP contribution in [-0.2, 0) is 0 Å². The van der Waals surface area contributed by atoms with E-state index >= 15 is 0 Å². The van der Waals surface area contributed by atoms with Crippen LogP contribution in [0.4, 0.5) is 11.4 Å². The highest BCUT2D eigenvalue weighted by atomic mass is 16.5. The monoisotopic (exact) mass is 286 g/mol. The third-order valence-electron chi connectivity index (χ3n) is 2.66. The summed E-state index contributed by atoms with van der Waals surface area (Å²) in [6, 6.07) is 6.95. The van der Waals surface area contributed by atoms with Gasteiger partial charge in [0.05, 0.1) is 30.4 Å². The fourth-order valence-corrected chi connectivity index (χ4v) is 1.72. The normalized spacial score (nSPS) is 10.0. The maximum absolute atomic E-state index is 12.0. The summed E-state index contributed by atoms with van der Waals surface area (Å²) < 4.78 is 5.24. The van der Waals surface area contributed by atoms with E-state index in [1.807, 2.05) is 19.9 Å². The van der Waals surface area contributed by atoms with Gasteiger partial charge in [-0.15, -0.1) is 0 Å². The van der Waals surface area contributed by atoms with Crippen molar-refractivity contribution >= 4 is 17.3 Å². The minimum atomic E-state index is -0.274. The van der Waals surface area contributed by atoms with Crippen LogP contribution in [0.2, 0.25) is 0 Å². The standard InChI is InChI=1S/C15H18N4O2/c1-3-16-11-5-7-13(17-9-11)15(20)19-12-6-8-14(18-10-12)21-4-2/h5-10,16H,3-4H2,1-2H3,(H,19,20). The number of hydrogen-bond acceptors (Lipinski definition) is 5. The van der Waals surface area contributed by atoms with Gasteiger partial charge in [0.2, 0.25) is 5.88 Å². The first-order valence-corrected chi connectivity index (χ1v) is 6.83. The molecule has 0 aliphatic rings. The molecule has 1 amide bonds. The first-order chi connectivity index (χ1) is 10.2. The van der Waals surface area contributed by atoms with Gasteiger partial charge >= 0.3 is 0 Å². The van der Waals surface area contributed by atoms with Crippen LogP contribution in [0.3, 0.4) is 0 Å². The summed E-state index contributed by atoms with van der Waals surface area (Å²) in [5, 5.41) is 5.86. The SMILES string of the molecule is CCNc1ccc(C(=O)Nc2ccc(OCC)nc2)nc1. The number of pyridine rings is 2. The number of carbonyl (C=O) groups excluding carboxylic acids is 1. The average Bonchev–Trinajstić information content (AvgIpc) is 2.50. The van der Waals surface area contributed by atoms with Gasteiger partial charge in [0.15, 0.2) is 0 Å². The van der Waals surface area contributed by atoms with Crippen molar-refractivity contribution < 1.29 is 9.53 Å². The first-order valence-electron chi connectivity index (χ1n) is 6.83. The number of hydrogen-bond donors (Lipinski definition) is 2. The molecule has 0 unspecified atom stereocenters. The molecule has 0 fully saturated rings. The second-order valence-electron chi connectivity index (χ2n) is 4.23. The molecule has 0 aliphatic carbocycles. The lowest BCUT2D eigenvalue weighted by atomic mass is 10.3. The largest absolute Gasteiger partial charge is 0.478 e. The lowest BCUT2D eigenvalue weighted by Crippen LogP contribution is -2.14. The third-order valence-corrected chi connectivity index (χ3v) is 2.66. The molecule has 0 saturated carbocycles. The molecule has 0 spiro atoms. The van der Waals surface area contributed by atoms with Gasteiger partial charge < -0.3 is 15.4 Å². The van der Waals surface area contributed by atoms with E-state index in [-0.39, 0.29) is 5.91 Å². The number of ether oxygens (including phenoxy) is 1. The second kappa shape index (κ2) is 7.23. The summed E-state index contributed by atoms with van der Waals surface area (Å²) in [5.74, 6) is 0.257. The van der Waals surface area contributed by atoms with Crippen LogP contribution in [0.1, 0.15) is 24.3 Å². The molecule has 2 rings (SSSR count). The summed E-state index contributed by atoms with van der Waals surface area (Å²) in [6.07, 6.45) is 3.19. The van der Waals surface area contributed by atoms with Gasteiger partial charge in [-0.3, -0.25) is 4.79 Å². The van der Waals surface area contributed by atoms with Crippen molar-refractivity contribution in [1.29, 1.82) is 0 Å². The van der Waals surface area contributed by atoms with E-state index in [1.165, 1.54) is 0 Å². The maximum Gasteiger partial charge on any atom is 0.274 e. The zero-order valence-corrected chi connectivity index (χ0v) is 12.1. The molecule has 0 atom stereocenters. The van der Waals surface area contributed by atoms with Gasteiger partial charge in [0, 0.05) is 12.6 Å². The summed E-state index contributed by atoms with van der Waals surface area (Å²) in [4.78, 5) is 20.2. The molecule has 0 aliphatic heterocycles. The van der Waals surface area contributed by atoms with Crippen molar-refractivity contribution in [2.75, 3.05) is 23.8 Å². The Kier molecular flexibility index (Phi) is 5.09. The predicted octanol–water partition coefficient (Wildman–Crippen LogP) is 2.56. The number of rotatable bonds is 6. The Hall–Kier alpha value is -2.63. The minimum Gasteiger partial charge on any atom is -0.478 e. The summed E-state index contributed by atoms with van der Waals surface area (Å²) in [5.41, 5.74) is 1.84. The molecule has 2 aromatic rings. The summed E-state index contributed by atoms with van der Waals surface area (Å²) in [6.45, 7) is 5.26. The van der Waals surface area contributed by atoms with Crippen molar-refractivity contribution in [3.05, 3.63) is 42.4 Å². The van der Waals surface area contributed by atoms with Crippen LogP contribution in [0.15, 0.2) is 36.7 Å². The van der Waals surface area contributed by atoms with Gasteiger partial charge in [-0.25, -0.2) is 9.97 Å². The molecule has 2 heterocycles. The lowest BCUT2D eigenvalue weighted by Gasteiger charge is -2.07. The highest BCUT2D eigenvalue weighted by Gasteiger charge is 2.08. The quantitative estimate of drug-likeness (QED) is 0.853. The Bertz CT molecular complexity index is 582. The fourth-order valence-electron chi connectivity index (χ4n) is 1.72. The van der Waals surface area contributed by atoms with Crippen LogP contribution >= 0.6 is 0 Å². The van der Waals surface area contributed by atoms with Crippen LogP contribution < -0.4 is 15.4 Å². The topological polar surface area (TPSA) is 76.1 Å². The Labute approximate surface area is 123 Å². The molecular weight excluding hydrogens is 268 g/mol. The summed E-state index contributed by atoms with van der Waals surface area (Å²) in [7, 11) is 0. The number of carbonyl (C=O) groups is 1.